The van der Waals surface area contributed by atoms with Gasteiger partial charge in [0.2, 0.25) is 42.6 Å². The highest BCUT2D eigenvalue weighted by Crippen LogP contribution is 2.48. The third-order valence-corrected chi connectivity index (χ3v) is 15.7. The third kappa shape index (κ3) is 18.7. The highest BCUT2D eigenvalue weighted by Gasteiger charge is 2.55. The maximum atomic E-state index is 13.1. The van der Waals surface area contributed by atoms with E-state index in [1.165, 1.54) is 35.4 Å². The average Bonchev–Trinajstić information content (AvgIpc) is 1.55. The summed E-state index contributed by atoms with van der Waals surface area (Å²) in [7, 11) is 0. The number of aromatic nitrogens is 5. The molecule has 0 aliphatic carbocycles. The van der Waals surface area contributed by atoms with Crippen LogP contribution in [0.25, 0.3) is 21.8 Å². The van der Waals surface area contributed by atoms with Crippen LogP contribution in [0, 0.1) is 0 Å². The SMILES string of the molecule is CC(=O)OC[C@H]1O[C@@H](Oc2cn(C(C)=O)c3cc(Br)c(OCCOc4nc(NCCO)nc(OCCOc5c(Br)cc6c(c(O[C@@H]7O[C@H](COC(C)=O)[C@@H](OC(C)=O)[C@H](OC(C)=O)[C@H]7OC(C)=O)cn6C(C)=O)c5Br)n4)c(Br)c23)[C@H](OC(C)=O)[C@@H](OC(C)=O)[C@@H]1OC(C)=O. The molecule has 37 heteroatoms. The molecule has 3 aromatic heterocycles. The van der Waals surface area contributed by atoms with Crippen molar-refractivity contribution in [2.75, 3.05) is 58.1 Å². The number of esters is 8. The Bertz CT molecular complexity index is 3490. The normalized spacial score (nSPS) is 20.8. The van der Waals surface area contributed by atoms with Gasteiger partial charge in [0, 0.05) is 75.8 Å². The van der Waals surface area contributed by atoms with Gasteiger partial charge in [0.25, 0.3) is 0 Å². The summed E-state index contributed by atoms with van der Waals surface area (Å²) < 4.78 is 96.5. The van der Waals surface area contributed by atoms with Crippen molar-refractivity contribution >= 4 is 151 Å². The van der Waals surface area contributed by atoms with Gasteiger partial charge in [-0.3, -0.25) is 57.1 Å². The molecule has 5 heterocycles. The first-order chi connectivity index (χ1) is 44.5. The summed E-state index contributed by atoms with van der Waals surface area (Å²) in [5.74, 6) is -7.41. The molecule has 5 aromatic rings. The molecule has 510 valence electrons. The lowest BCUT2D eigenvalue weighted by atomic mass is 9.98. The molecule has 2 aliphatic rings. The number of aliphatic hydroxyl groups is 1. The van der Waals surface area contributed by atoms with Crippen LogP contribution in [-0.2, 0) is 85.7 Å². The Labute approximate surface area is 567 Å². The third-order valence-electron chi connectivity index (χ3n) is 13.0. The van der Waals surface area contributed by atoms with Gasteiger partial charge in [0.15, 0.2) is 24.4 Å². The molecule has 7 rings (SSSR count). The van der Waals surface area contributed by atoms with Gasteiger partial charge in [-0.1, -0.05) is 0 Å². The zero-order valence-electron chi connectivity index (χ0n) is 51.5. The van der Waals surface area contributed by atoms with Crippen LogP contribution < -0.4 is 33.7 Å². The van der Waals surface area contributed by atoms with Crippen LogP contribution in [0.3, 0.4) is 0 Å². The summed E-state index contributed by atoms with van der Waals surface area (Å²) in [6.07, 6.45) is -12.7. The number of nitrogens with one attached hydrogen (secondary N) is 1. The Balaban J connectivity index is 1.09. The minimum Gasteiger partial charge on any atom is -0.488 e. The maximum absolute atomic E-state index is 13.1. The summed E-state index contributed by atoms with van der Waals surface area (Å²) >= 11 is 14.2. The zero-order valence-corrected chi connectivity index (χ0v) is 57.9. The van der Waals surface area contributed by atoms with Crippen molar-refractivity contribution in [3.8, 4) is 35.0 Å². The van der Waals surface area contributed by atoms with E-state index in [1.807, 2.05) is 0 Å². The second-order valence-corrected chi connectivity index (χ2v) is 23.5. The van der Waals surface area contributed by atoms with Crippen LogP contribution in [0.4, 0.5) is 5.95 Å². The molecule has 2 saturated heterocycles. The van der Waals surface area contributed by atoms with Gasteiger partial charge in [0.1, 0.15) is 74.8 Å². The fraction of sp³-hybridized carbons (Fsp3) is 0.491. The zero-order chi connectivity index (χ0) is 69.0. The highest BCUT2D eigenvalue weighted by atomic mass is 79.9. The summed E-state index contributed by atoms with van der Waals surface area (Å²) in [4.78, 5) is 138. The number of ether oxygens (including phenoxy) is 16. The fourth-order valence-corrected chi connectivity index (χ4v) is 12.6. The lowest BCUT2D eigenvalue weighted by Gasteiger charge is -2.43. The van der Waals surface area contributed by atoms with Gasteiger partial charge >= 0.3 is 59.8 Å². The molecule has 2 fully saturated rings. The van der Waals surface area contributed by atoms with Gasteiger partial charge in [-0.2, -0.15) is 9.97 Å². The second kappa shape index (κ2) is 32.9. The standard InChI is InChI=1S/C57H62Br4N6O27/c1-23(69)66-19-37(91-53-51(89-31(9)77)49(87-29(7)75)47(85-27(5)73)39(93-53)21-83-25(3)71)41-35(66)17-33(58)45(43(41)60)79-13-15-81-56-63-55(62-11-12-68)64-57(65-56)82-16-14-80-46-34(59)18-36-42(44(46)61)38(20-67(36)24(2)70)92-54-52(90-32(10)78)50(88-30(8)76)48(86-28(6)74)40(94-54)22-84-26(4)72/h17-20,39-40,47-54,68H,11-16,21-22H2,1-10H3,(H,62,63,64,65)/t39-,40-,47-,48-,49+,50+,51-,52-,53-,54-/m1/s1. The van der Waals surface area contributed by atoms with E-state index in [2.05, 4.69) is 84.0 Å². The molecular weight excluding hydrogens is 1520 g/mol. The van der Waals surface area contributed by atoms with Crippen molar-refractivity contribution in [2.24, 2.45) is 0 Å². The number of anilines is 1. The van der Waals surface area contributed by atoms with Crippen molar-refractivity contribution in [3.05, 3.63) is 42.4 Å². The van der Waals surface area contributed by atoms with E-state index in [0.717, 1.165) is 55.4 Å². The molecule has 0 spiro atoms. The fourth-order valence-electron chi connectivity index (χ4n) is 9.58. The number of aliphatic hydroxyl groups excluding tert-OH is 1. The Kier molecular flexibility index (Phi) is 25.7. The second-order valence-electron chi connectivity index (χ2n) is 20.2. The van der Waals surface area contributed by atoms with Gasteiger partial charge in [-0.15, -0.1) is 4.98 Å². The number of hydrogen-bond donors (Lipinski definition) is 2. The predicted octanol–water partition coefficient (Wildman–Crippen LogP) is 5.39. The van der Waals surface area contributed by atoms with E-state index in [9.17, 15) is 53.1 Å². The Morgan fingerprint density at radius 1 is 0.479 bits per heavy atom. The summed E-state index contributed by atoms with van der Waals surface area (Å²) in [5.41, 5.74) is 0.553. The molecule has 94 heavy (non-hydrogen) atoms. The van der Waals surface area contributed by atoms with Crippen molar-refractivity contribution < 1.29 is 129 Å². The van der Waals surface area contributed by atoms with E-state index in [1.54, 1.807) is 12.1 Å². The maximum Gasteiger partial charge on any atom is 0.324 e. The lowest BCUT2D eigenvalue weighted by Crippen LogP contribution is -2.63. The van der Waals surface area contributed by atoms with E-state index in [-0.39, 0.29) is 111 Å². The predicted molar refractivity (Wildman–Crippen MR) is 330 cm³/mol. The number of nitrogens with zero attached hydrogens (tertiary/aromatic N) is 5. The Hall–Kier alpha value is -7.97. The molecule has 2 N–H and O–H groups in total. The van der Waals surface area contributed by atoms with Gasteiger partial charge in [-0.05, 0) is 75.9 Å². The van der Waals surface area contributed by atoms with Crippen molar-refractivity contribution in [3.63, 3.8) is 0 Å². The monoisotopic (exact) mass is 1580 g/mol. The molecular formula is C57H62Br4N6O27. The molecule has 2 aromatic carbocycles. The minimum atomic E-state index is -1.67. The number of hydrogen-bond acceptors (Lipinski definition) is 31. The molecule has 2 aliphatic heterocycles. The van der Waals surface area contributed by atoms with Gasteiger partial charge < -0.3 is 86.2 Å². The number of halogens is 4. The van der Waals surface area contributed by atoms with E-state index in [0.29, 0.717) is 8.95 Å². The summed E-state index contributed by atoms with van der Waals surface area (Å²) in [6, 6.07) is 2.61. The summed E-state index contributed by atoms with van der Waals surface area (Å²) in [5, 5.41) is 12.9. The van der Waals surface area contributed by atoms with E-state index < -0.39 is 134 Å². The Morgan fingerprint density at radius 2 is 0.819 bits per heavy atom. The highest BCUT2D eigenvalue weighted by molar-refractivity contribution is 9.11. The van der Waals surface area contributed by atoms with Crippen LogP contribution in [0.1, 0.15) is 78.8 Å². The summed E-state index contributed by atoms with van der Waals surface area (Å²) in [6.45, 7) is 9.06. The van der Waals surface area contributed by atoms with E-state index >= 15 is 0 Å². The largest absolute Gasteiger partial charge is 0.488 e. The Morgan fingerprint density at radius 3 is 1.15 bits per heavy atom. The van der Waals surface area contributed by atoms with Crippen molar-refractivity contribution in [1.82, 2.24) is 24.1 Å². The molecule has 0 unspecified atom stereocenters. The molecule has 0 radical (unpaired) electrons. The molecule has 0 bridgehead atoms. The molecule has 0 amide bonds. The number of carbonyl (C=O) groups excluding carboxylic acids is 10. The molecule has 10 atom stereocenters. The minimum absolute atomic E-state index is 0.0136. The van der Waals surface area contributed by atoms with Crippen LogP contribution in [0.2, 0.25) is 0 Å². The van der Waals surface area contributed by atoms with Crippen molar-refractivity contribution in [2.45, 2.75) is 131 Å². The first-order valence-corrected chi connectivity index (χ1v) is 31.3. The topological polar surface area (TPSA) is 399 Å². The van der Waals surface area contributed by atoms with Crippen LogP contribution in [0.15, 0.2) is 42.4 Å². The number of rotatable bonds is 27. The van der Waals surface area contributed by atoms with Crippen LogP contribution >= 0.6 is 63.7 Å². The molecule has 0 saturated carbocycles. The van der Waals surface area contributed by atoms with Crippen LogP contribution in [-0.4, -0.2) is 203 Å². The lowest BCUT2D eigenvalue weighted by molar-refractivity contribution is -0.288. The number of fused-ring (bicyclic) bond motifs is 2. The van der Waals surface area contributed by atoms with Gasteiger partial charge in [0.05, 0.1) is 58.7 Å². The number of carbonyl (C=O) groups is 10. The smallest absolute Gasteiger partial charge is 0.324 e. The molecule has 33 nitrogen and oxygen atoms in total. The average molecular weight is 1580 g/mol. The first-order valence-electron chi connectivity index (χ1n) is 28.1. The number of benzene rings is 2. The van der Waals surface area contributed by atoms with Crippen molar-refractivity contribution in [1.29, 1.82) is 0 Å². The quantitative estimate of drug-likeness (QED) is 0.0378. The van der Waals surface area contributed by atoms with E-state index in [4.69, 9.17) is 75.8 Å². The first kappa shape index (κ1) is 73.4. The van der Waals surface area contributed by atoms with Crippen LogP contribution in [0.5, 0.6) is 35.0 Å². The van der Waals surface area contributed by atoms with Gasteiger partial charge in [-0.25, -0.2) is 0 Å².